The van der Waals surface area contributed by atoms with E-state index in [0.717, 1.165) is 73.3 Å². The molecule has 2 heterocycles. The van der Waals surface area contributed by atoms with Crippen LogP contribution in [0.25, 0.3) is 0 Å². The number of aryl methyl sites for hydroxylation is 1. The molecule has 0 amide bonds. The maximum atomic E-state index is 12.5. The first-order chi connectivity index (χ1) is 24.8. The SMILES string of the molecule is CCCCCC(O)CC(=O)CCc1ccc(O)c(OC[NH+]2C=C3N=CC(C4(c5cccc(C(N)NCCc6ccccc6)c5)CCCC4)=C3C2)c1. The zero-order valence-electron chi connectivity index (χ0n) is 30.1. The van der Waals surface area contributed by atoms with E-state index in [4.69, 9.17) is 15.5 Å². The highest BCUT2D eigenvalue weighted by Gasteiger charge is 2.44. The van der Waals surface area contributed by atoms with E-state index in [0.29, 0.717) is 31.7 Å². The van der Waals surface area contributed by atoms with E-state index in [1.807, 2.05) is 18.2 Å². The lowest BCUT2D eigenvalue weighted by Gasteiger charge is -2.32. The second-order valence-electron chi connectivity index (χ2n) is 14.6. The van der Waals surface area contributed by atoms with Crippen molar-refractivity contribution in [1.29, 1.82) is 0 Å². The van der Waals surface area contributed by atoms with Gasteiger partial charge in [-0.25, -0.2) is 0 Å². The number of unbranched alkanes of at least 4 members (excludes halogenated alkanes) is 2. The Morgan fingerprint density at radius 3 is 2.65 bits per heavy atom. The van der Waals surface area contributed by atoms with Crippen LogP contribution in [0.4, 0.5) is 0 Å². The topological polar surface area (TPSA) is 122 Å². The molecule has 3 aliphatic rings. The van der Waals surface area contributed by atoms with Gasteiger partial charge in [-0.3, -0.25) is 20.0 Å². The van der Waals surface area contributed by atoms with Gasteiger partial charge in [-0.2, -0.15) is 0 Å². The Balaban J connectivity index is 1.07. The predicted octanol–water partition coefficient (Wildman–Crippen LogP) is 5.98. The van der Waals surface area contributed by atoms with Crippen molar-refractivity contribution in [2.75, 3.05) is 19.8 Å². The first-order valence-electron chi connectivity index (χ1n) is 19.0. The number of nitrogens with one attached hydrogen (secondary N) is 2. The van der Waals surface area contributed by atoms with E-state index >= 15 is 0 Å². The summed E-state index contributed by atoms with van der Waals surface area (Å²) in [5.74, 6) is 0.556. The Kier molecular flexibility index (Phi) is 12.5. The molecule has 3 aromatic carbocycles. The normalized spacial score (nSPS) is 18.9. The number of phenolic OH excluding ortho intramolecular Hbond substituents is 1. The van der Waals surface area contributed by atoms with Gasteiger partial charge in [-0.05, 0) is 72.1 Å². The van der Waals surface area contributed by atoms with Gasteiger partial charge in [-0.1, -0.05) is 99.7 Å². The smallest absolute Gasteiger partial charge is 0.227 e. The van der Waals surface area contributed by atoms with Gasteiger partial charge in [-0.15, -0.1) is 0 Å². The number of Topliss-reactive ketones (excluding diaryl/α,β-unsaturated/α-hetero) is 1. The molecule has 0 spiro atoms. The number of benzene rings is 3. The molecule has 2 aliphatic heterocycles. The predicted molar refractivity (Wildman–Crippen MR) is 203 cm³/mol. The summed E-state index contributed by atoms with van der Waals surface area (Å²) in [6, 6.07) is 24.6. The van der Waals surface area contributed by atoms with Crippen molar-refractivity contribution in [3.63, 3.8) is 0 Å². The average Bonchev–Trinajstić information content (AvgIpc) is 3.89. The number of phenols is 1. The fourth-order valence-corrected chi connectivity index (χ4v) is 7.95. The fraction of sp³-hybridized carbons (Fsp3) is 0.442. The first-order valence-corrected chi connectivity index (χ1v) is 19.0. The molecule has 0 saturated heterocycles. The van der Waals surface area contributed by atoms with E-state index in [1.165, 1.54) is 35.1 Å². The number of aromatic hydroxyl groups is 1. The minimum absolute atomic E-state index is 0.0592. The molecule has 8 nitrogen and oxygen atoms in total. The summed E-state index contributed by atoms with van der Waals surface area (Å²) in [5, 5.41) is 24.3. The largest absolute Gasteiger partial charge is 0.504 e. The summed E-state index contributed by atoms with van der Waals surface area (Å²) in [5.41, 5.74) is 14.8. The molecule has 3 atom stereocenters. The number of ketones is 1. The van der Waals surface area contributed by atoms with Gasteiger partial charge in [0.05, 0.1) is 12.3 Å². The Bertz CT molecular complexity index is 1730. The maximum absolute atomic E-state index is 12.5. The molecular weight excluding hydrogens is 636 g/mol. The molecule has 8 heteroatoms. The number of aliphatic hydroxyl groups is 1. The third-order valence-electron chi connectivity index (χ3n) is 10.8. The number of hydrogen-bond donors (Lipinski definition) is 5. The lowest BCUT2D eigenvalue weighted by molar-refractivity contribution is -0.855. The molecular formula is C43H55N4O4+. The van der Waals surface area contributed by atoms with Gasteiger partial charge >= 0.3 is 0 Å². The van der Waals surface area contributed by atoms with Gasteiger partial charge in [0.2, 0.25) is 6.73 Å². The summed E-state index contributed by atoms with van der Waals surface area (Å²) in [4.78, 5) is 18.5. The molecule has 1 saturated carbocycles. The second kappa shape index (κ2) is 17.4. The van der Waals surface area contributed by atoms with Crippen LogP contribution in [0, 0.1) is 0 Å². The number of hydrogen-bond acceptors (Lipinski definition) is 7. The van der Waals surface area contributed by atoms with Crippen LogP contribution >= 0.6 is 0 Å². The second-order valence-corrected chi connectivity index (χ2v) is 14.6. The molecule has 270 valence electrons. The van der Waals surface area contributed by atoms with Gasteiger partial charge in [0.25, 0.3) is 0 Å². The zero-order valence-corrected chi connectivity index (χ0v) is 30.1. The van der Waals surface area contributed by atoms with Crippen molar-refractivity contribution in [3.8, 4) is 11.5 Å². The summed E-state index contributed by atoms with van der Waals surface area (Å²) >= 11 is 0. The third-order valence-corrected chi connectivity index (χ3v) is 10.8. The summed E-state index contributed by atoms with van der Waals surface area (Å²) < 4.78 is 6.17. The van der Waals surface area contributed by atoms with E-state index in [9.17, 15) is 15.0 Å². The van der Waals surface area contributed by atoms with Crippen molar-refractivity contribution in [2.45, 2.75) is 102 Å². The van der Waals surface area contributed by atoms with Crippen LogP contribution in [0.1, 0.15) is 99.6 Å². The van der Waals surface area contributed by atoms with Crippen LogP contribution in [0.2, 0.25) is 0 Å². The highest BCUT2D eigenvalue weighted by Crippen LogP contribution is 2.49. The van der Waals surface area contributed by atoms with Crippen molar-refractivity contribution >= 4 is 12.0 Å². The highest BCUT2D eigenvalue weighted by atomic mass is 16.5. The van der Waals surface area contributed by atoms with Crippen molar-refractivity contribution in [1.82, 2.24) is 5.32 Å². The molecule has 0 radical (unpaired) electrons. The monoisotopic (exact) mass is 691 g/mol. The molecule has 0 aromatic heterocycles. The Morgan fingerprint density at radius 1 is 1.02 bits per heavy atom. The average molecular weight is 692 g/mol. The van der Waals surface area contributed by atoms with E-state index in [1.54, 1.807) is 6.07 Å². The Morgan fingerprint density at radius 2 is 1.84 bits per heavy atom. The molecule has 0 bridgehead atoms. The number of nitrogens with two attached hydrogens (primary N) is 1. The summed E-state index contributed by atoms with van der Waals surface area (Å²) in [7, 11) is 0. The van der Waals surface area contributed by atoms with Gasteiger partial charge in [0.15, 0.2) is 11.5 Å². The van der Waals surface area contributed by atoms with Crippen LogP contribution in [0.5, 0.6) is 11.5 Å². The number of aliphatic hydroxyl groups excluding tert-OH is 1. The number of carbonyl (C=O) groups excluding carboxylic acids is 1. The van der Waals surface area contributed by atoms with Crippen molar-refractivity contribution in [3.05, 3.63) is 118 Å². The third kappa shape index (κ3) is 9.24. The van der Waals surface area contributed by atoms with Gasteiger partial charge < -0.3 is 20.7 Å². The van der Waals surface area contributed by atoms with Gasteiger partial charge in [0.1, 0.15) is 24.2 Å². The Hall–Kier alpha value is -4.08. The number of quaternary nitrogens is 1. The molecule has 6 N–H and O–H groups in total. The standard InChI is InChI=1S/C43H54N4O4/c1-2-3-5-15-35(48)26-36(49)18-16-32-17-19-40(50)41(24-32)51-30-47-28-37-38(27-46-39(37)29-47)43(21-8-9-22-43)34-14-10-13-33(25-34)42(44)45-23-20-31-11-6-4-7-12-31/h4,6-7,10-14,17,19,24-25,27,29,35,42,45,48,50H,2-3,5,8-9,15-16,18,20-23,26,28,30,44H2,1H3/p+1. The minimum Gasteiger partial charge on any atom is -0.504 e. The molecule has 3 aromatic rings. The Labute approximate surface area is 303 Å². The molecule has 51 heavy (non-hydrogen) atoms. The zero-order chi connectivity index (χ0) is 35.6. The van der Waals surface area contributed by atoms with Crippen LogP contribution < -0.4 is 20.7 Å². The van der Waals surface area contributed by atoms with Gasteiger partial charge in [0, 0.05) is 36.6 Å². The van der Waals surface area contributed by atoms with Crippen molar-refractivity contribution < 1.29 is 24.6 Å². The quantitative estimate of drug-likeness (QED) is 0.0779. The fourth-order valence-electron chi connectivity index (χ4n) is 7.95. The van der Waals surface area contributed by atoms with E-state index in [-0.39, 0.29) is 29.5 Å². The summed E-state index contributed by atoms with van der Waals surface area (Å²) in [6.45, 7) is 4.05. The van der Waals surface area contributed by atoms with Crippen LogP contribution in [0.3, 0.4) is 0 Å². The molecule has 3 unspecified atom stereocenters. The van der Waals surface area contributed by atoms with Crippen molar-refractivity contribution in [2.24, 2.45) is 10.7 Å². The summed E-state index contributed by atoms with van der Waals surface area (Å²) in [6.07, 6.45) is 13.7. The molecule has 1 aliphatic carbocycles. The number of aliphatic imine (C=N–C) groups is 1. The van der Waals surface area contributed by atoms with Crippen LogP contribution in [0.15, 0.2) is 101 Å². The number of fused-ring (bicyclic) bond motifs is 1. The lowest BCUT2D eigenvalue weighted by atomic mass is 9.71. The number of rotatable bonds is 19. The minimum atomic E-state index is -0.565. The number of carbonyl (C=O) groups is 1. The first kappa shape index (κ1) is 36.7. The molecule has 6 rings (SSSR count). The van der Waals surface area contributed by atoms with E-state index in [2.05, 4.69) is 73.2 Å². The number of nitrogens with zero attached hydrogens (tertiary/aromatic N) is 1. The number of allylic oxidation sites excluding steroid dienone is 1. The number of ether oxygens (including phenoxy) is 1. The van der Waals surface area contributed by atoms with E-state index < -0.39 is 6.10 Å². The highest BCUT2D eigenvalue weighted by molar-refractivity contribution is 5.90. The van der Waals surface area contributed by atoms with Crippen LogP contribution in [-0.4, -0.2) is 48.1 Å². The van der Waals surface area contributed by atoms with Crippen LogP contribution in [-0.2, 0) is 23.1 Å². The molecule has 1 fully saturated rings. The lowest BCUT2D eigenvalue weighted by Crippen LogP contribution is -3.07. The maximum Gasteiger partial charge on any atom is 0.227 e.